The van der Waals surface area contributed by atoms with Gasteiger partial charge < -0.3 is 5.32 Å². The van der Waals surface area contributed by atoms with Gasteiger partial charge in [0.05, 0.1) is 0 Å². The Morgan fingerprint density at radius 3 is 2.43 bits per heavy atom. The maximum absolute atomic E-state index is 3.37. The van der Waals surface area contributed by atoms with Crippen LogP contribution in [0, 0.1) is 11.8 Å². The van der Waals surface area contributed by atoms with Crippen molar-refractivity contribution >= 4 is 0 Å². The predicted molar refractivity (Wildman–Crippen MR) is 60.4 cm³/mol. The summed E-state index contributed by atoms with van der Waals surface area (Å²) in [6, 6.07) is 1.65. The third kappa shape index (κ3) is 1.82. The van der Waals surface area contributed by atoms with Crippen LogP contribution in [0.15, 0.2) is 0 Å². The van der Waals surface area contributed by atoms with Crippen LogP contribution in [-0.4, -0.2) is 37.1 Å². The molecule has 82 valence electrons. The highest BCUT2D eigenvalue weighted by Crippen LogP contribution is 2.33. The van der Waals surface area contributed by atoms with Crippen molar-refractivity contribution in [2.75, 3.05) is 20.1 Å². The summed E-state index contributed by atoms with van der Waals surface area (Å²) in [5.41, 5.74) is 0. The van der Waals surface area contributed by atoms with E-state index in [0.717, 1.165) is 23.9 Å². The Morgan fingerprint density at radius 1 is 1.14 bits per heavy atom. The molecule has 0 aromatic carbocycles. The second-order valence-electron chi connectivity index (χ2n) is 5.31. The molecule has 0 bridgehead atoms. The molecule has 0 radical (unpaired) electrons. The van der Waals surface area contributed by atoms with Gasteiger partial charge in [-0.25, -0.2) is 0 Å². The van der Waals surface area contributed by atoms with Crippen LogP contribution < -0.4 is 5.32 Å². The average molecular weight is 196 g/mol. The van der Waals surface area contributed by atoms with Gasteiger partial charge in [0.1, 0.15) is 0 Å². The zero-order valence-corrected chi connectivity index (χ0v) is 9.79. The van der Waals surface area contributed by atoms with Crippen LogP contribution in [0.2, 0.25) is 0 Å². The van der Waals surface area contributed by atoms with Gasteiger partial charge in [0, 0.05) is 25.2 Å². The van der Waals surface area contributed by atoms with E-state index < -0.39 is 0 Å². The number of hydrogen-bond donors (Lipinski definition) is 1. The van der Waals surface area contributed by atoms with Crippen molar-refractivity contribution in [3.8, 4) is 0 Å². The van der Waals surface area contributed by atoms with Gasteiger partial charge in [-0.1, -0.05) is 26.7 Å². The highest BCUT2D eigenvalue weighted by atomic mass is 15.2. The van der Waals surface area contributed by atoms with E-state index in [4.69, 9.17) is 0 Å². The second-order valence-corrected chi connectivity index (χ2v) is 5.31. The molecule has 3 atom stereocenters. The highest BCUT2D eigenvalue weighted by molar-refractivity contribution is 4.91. The first-order chi connectivity index (χ1) is 6.70. The second kappa shape index (κ2) is 4.19. The molecule has 0 aromatic heterocycles. The summed E-state index contributed by atoms with van der Waals surface area (Å²) in [4.78, 5) is 2.64. The Kier molecular flexibility index (Phi) is 3.13. The monoisotopic (exact) mass is 196 g/mol. The van der Waals surface area contributed by atoms with E-state index in [2.05, 4.69) is 31.1 Å². The standard InChI is InChI=1S/C12H24N2/c1-9-5-4-6-12(10(9)2)14(3)11-7-13-8-11/h9-13H,4-8H2,1-3H3. The van der Waals surface area contributed by atoms with Crippen molar-refractivity contribution in [1.29, 1.82) is 0 Å². The van der Waals surface area contributed by atoms with E-state index in [1.54, 1.807) is 0 Å². The SMILES string of the molecule is CC1CCCC(N(C)C2CNC2)C1C. The Morgan fingerprint density at radius 2 is 1.86 bits per heavy atom. The molecule has 14 heavy (non-hydrogen) atoms. The van der Waals surface area contributed by atoms with Gasteiger partial charge in [0.15, 0.2) is 0 Å². The maximum atomic E-state index is 3.37. The molecular weight excluding hydrogens is 172 g/mol. The summed E-state index contributed by atoms with van der Waals surface area (Å²) in [5.74, 6) is 1.80. The number of nitrogens with one attached hydrogen (secondary N) is 1. The highest BCUT2D eigenvalue weighted by Gasteiger charge is 2.34. The summed E-state index contributed by atoms with van der Waals surface area (Å²) < 4.78 is 0. The van der Waals surface area contributed by atoms with E-state index in [-0.39, 0.29) is 0 Å². The van der Waals surface area contributed by atoms with Crippen LogP contribution in [0.4, 0.5) is 0 Å². The van der Waals surface area contributed by atoms with Crippen molar-refractivity contribution in [3.63, 3.8) is 0 Å². The Hall–Kier alpha value is -0.0800. The maximum Gasteiger partial charge on any atom is 0.0345 e. The molecule has 1 aliphatic heterocycles. The zero-order valence-electron chi connectivity index (χ0n) is 9.79. The first-order valence-electron chi connectivity index (χ1n) is 6.13. The molecule has 0 spiro atoms. The van der Waals surface area contributed by atoms with E-state index in [9.17, 15) is 0 Å². The van der Waals surface area contributed by atoms with Crippen molar-refractivity contribution < 1.29 is 0 Å². The van der Waals surface area contributed by atoms with Crippen LogP contribution in [0.25, 0.3) is 0 Å². The molecule has 2 rings (SSSR count). The van der Waals surface area contributed by atoms with Crippen LogP contribution in [0.5, 0.6) is 0 Å². The number of hydrogen-bond acceptors (Lipinski definition) is 2. The fraction of sp³-hybridized carbons (Fsp3) is 1.00. The molecule has 0 amide bonds. The van der Waals surface area contributed by atoms with Gasteiger partial charge >= 0.3 is 0 Å². The lowest BCUT2D eigenvalue weighted by Crippen LogP contribution is -2.60. The Balaban J connectivity index is 1.93. The van der Waals surface area contributed by atoms with Crippen LogP contribution in [0.3, 0.4) is 0 Å². The molecule has 1 heterocycles. The number of likely N-dealkylation sites (N-methyl/N-ethyl adjacent to an activating group) is 1. The lowest BCUT2D eigenvalue weighted by molar-refractivity contribution is 0.0490. The molecular formula is C12H24N2. The van der Waals surface area contributed by atoms with Crippen LogP contribution in [0.1, 0.15) is 33.1 Å². The molecule has 1 aliphatic carbocycles. The number of rotatable bonds is 2. The van der Waals surface area contributed by atoms with E-state index in [0.29, 0.717) is 0 Å². The molecule has 0 aromatic rings. The largest absolute Gasteiger partial charge is 0.314 e. The fourth-order valence-corrected chi connectivity index (χ4v) is 2.96. The quantitative estimate of drug-likeness (QED) is 0.723. The third-order valence-corrected chi connectivity index (χ3v) is 4.52. The van der Waals surface area contributed by atoms with Gasteiger partial charge in [0.2, 0.25) is 0 Å². The van der Waals surface area contributed by atoms with Crippen molar-refractivity contribution in [2.24, 2.45) is 11.8 Å². The van der Waals surface area contributed by atoms with Crippen LogP contribution >= 0.6 is 0 Å². The topological polar surface area (TPSA) is 15.3 Å². The van der Waals surface area contributed by atoms with E-state index in [1.165, 1.54) is 32.4 Å². The molecule has 2 fully saturated rings. The lowest BCUT2D eigenvalue weighted by atomic mass is 9.77. The zero-order chi connectivity index (χ0) is 10.1. The summed E-state index contributed by atoms with van der Waals surface area (Å²) in [6.45, 7) is 7.27. The smallest absolute Gasteiger partial charge is 0.0345 e. The van der Waals surface area contributed by atoms with Crippen molar-refractivity contribution in [2.45, 2.75) is 45.2 Å². The summed E-state index contributed by atoms with van der Waals surface area (Å²) >= 11 is 0. The Bertz CT molecular complexity index is 189. The average Bonchev–Trinajstić information content (AvgIpc) is 2.06. The summed E-state index contributed by atoms with van der Waals surface area (Å²) in [5, 5.41) is 3.37. The molecule has 1 N–H and O–H groups in total. The molecule has 2 nitrogen and oxygen atoms in total. The molecule has 3 unspecified atom stereocenters. The van der Waals surface area contributed by atoms with Gasteiger partial charge in [-0.05, 0) is 25.3 Å². The number of nitrogens with zero attached hydrogens (tertiary/aromatic N) is 1. The normalized spacial score (nSPS) is 39.9. The van der Waals surface area contributed by atoms with Gasteiger partial charge in [-0.2, -0.15) is 0 Å². The van der Waals surface area contributed by atoms with Crippen molar-refractivity contribution in [3.05, 3.63) is 0 Å². The fourth-order valence-electron chi connectivity index (χ4n) is 2.96. The van der Waals surface area contributed by atoms with E-state index >= 15 is 0 Å². The minimum Gasteiger partial charge on any atom is -0.314 e. The predicted octanol–water partition coefficient (Wildman–Crippen LogP) is 1.71. The summed E-state index contributed by atoms with van der Waals surface area (Å²) in [7, 11) is 2.32. The molecule has 2 aliphatic rings. The van der Waals surface area contributed by atoms with Crippen LogP contribution in [-0.2, 0) is 0 Å². The van der Waals surface area contributed by atoms with Gasteiger partial charge in [0.25, 0.3) is 0 Å². The minimum absolute atomic E-state index is 0.813. The first-order valence-corrected chi connectivity index (χ1v) is 6.13. The van der Waals surface area contributed by atoms with Crippen molar-refractivity contribution in [1.82, 2.24) is 10.2 Å². The molecule has 1 saturated carbocycles. The molecule has 1 saturated heterocycles. The van der Waals surface area contributed by atoms with E-state index in [1.807, 2.05) is 0 Å². The minimum atomic E-state index is 0.813. The van der Waals surface area contributed by atoms with Gasteiger partial charge in [-0.15, -0.1) is 0 Å². The lowest BCUT2D eigenvalue weighted by Gasteiger charge is -2.46. The molecule has 2 heteroatoms. The van der Waals surface area contributed by atoms with Gasteiger partial charge in [-0.3, -0.25) is 4.90 Å². The third-order valence-electron chi connectivity index (χ3n) is 4.52. The summed E-state index contributed by atoms with van der Waals surface area (Å²) in [6.07, 6.45) is 4.29. The Labute approximate surface area is 88.1 Å². The first kappa shape index (κ1) is 10.4.